The minimum Gasteiger partial charge on any atom is -0.497 e. The highest BCUT2D eigenvalue weighted by molar-refractivity contribution is 6.72. The molecule has 2 aliphatic heterocycles. The summed E-state index contributed by atoms with van der Waals surface area (Å²) in [5, 5.41) is 9.81. The van der Waals surface area contributed by atoms with Crippen molar-refractivity contribution in [1.82, 2.24) is 9.47 Å². The molecular formula is C39H44FN3O7Si. The summed E-state index contributed by atoms with van der Waals surface area (Å²) in [6.07, 6.45) is 0.648. The molecule has 4 aromatic rings. The van der Waals surface area contributed by atoms with Crippen molar-refractivity contribution in [3.8, 4) is 17.2 Å². The molecule has 4 atom stereocenters. The molecule has 1 aromatic heterocycles. The van der Waals surface area contributed by atoms with Gasteiger partial charge in [0.1, 0.15) is 5.75 Å². The van der Waals surface area contributed by atoms with Crippen LogP contribution in [0.3, 0.4) is 0 Å². The fourth-order valence-corrected chi connectivity index (χ4v) is 10.3. The quantitative estimate of drug-likeness (QED) is 0.151. The largest absolute Gasteiger partial charge is 0.497 e. The topological polar surface area (TPSA) is 111 Å². The molecule has 268 valence electrons. The molecule has 0 aliphatic carbocycles. The maximum Gasteiger partial charge on any atom is 0.297 e. The lowest BCUT2D eigenvalue weighted by Crippen LogP contribution is -2.45. The van der Waals surface area contributed by atoms with Crippen molar-refractivity contribution >= 4 is 25.9 Å². The van der Waals surface area contributed by atoms with Crippen LogP contribution in [0, 0.1) is 5.92 Å². The number of aliphatic hydroxyl groups excluding tert-OH is 1. The van der Waals surface area contributed by atoms with E-state index in [0.29, 0.717) is 22.7 Å². The number of halogens is 1. The van der Waals surface area contributed by atoms with Crippen molar-refractivity contribution in [2.24, 2.45) is 5.92 Å². The molecule has 51 heavy (non-hydrogen) atoms. The summed E-state index contributed by atoms with van der Waals surface area (Å²) in [4.78, 5) is 44.8. The first-order valence-corrected chi connectivity index (χ1v) is 20.0. The predicted octanol–water partition coefficient (Wildman–Crippen LogP) is 5.59. The zero-order valence-electron chi connectivity index (χ0n) is 29.5. The monoisotopic (exact) mass is 713 g/mol. The molecule has 2 amide bonds. The molecule has 12 heteroatoms. The number of amides is 2. The Balaban J connectivity index is 1.33. The highest BCUT2D eigenvalue weighted by Crippen LogP contribution is 2.60. The molecule has 1 N–H and O–H groups in total. The molecule has 0 bridgehead atoms. The zero-order chi connectivity index (χ0) is 36.5. The SMILES string of the molecule is COc1ccc2c(c1)[C@@]1(O[C@H](CC(=O)N(CCO)Cc3ccccc3)[C@@H]([Si](C)(C)F)[C@@H]1C)C(=O)N2Cc1ccc(-n2cccc(OC)c2=O)cc1. The van der Waals surface area contributed by atoms with E-state index in [-0.39, 0.29) is 55.8 Å². The van der Waals surface area contributed by atoms with Crippen LogP contribution in [-0.4, -0.2) is 68.3 Å². The van der Waals surface area contributed by atoms with E-state index in [1.807, 2.05) is 55.5 Å². The van der Waals surface area contributed by atoms with E-state index in [1.54, 1.807) is 72.6 Å². The molecule has 3 aromatic carbocycles. The molecule has 6 rings (SSSR count). The van der Waals surface area contributed by atoms with E-state index in [2.05, 4.69) is 0 Å². The van der Waals surface area contributed by atoms with Crippen LogP contribution in [0.25, 0.3) is 5.69 Å². The molecule has 2 aliphatic rings. The highest BCUT2D eigenvalue weighted by atomic mass is 28.4. The molecule has 10 nitrogen and oxygen atoms in total. The number of aliphatic hydroxyl groups is 1. The van der Waals surface area contributed by atoms with Gasteiger partial charge in [-0.25, -0.2) is 0 Å². The number of carbonyl (C=O) groups excluding carboxylic acids is 2. The maximum absolute atomic E-state index is 16.4. The summed E-state index contributed by atoms with van der Waals surface area (Å²) in [7, 11) is -0.550. The van der Waals surface area contributed by atoms with E-state index >= 15 is 4.11 Å². The lowest BCUT2D eigenvalue weighted by atomic mass is 9.82. The number of rotatable bonds is 12. The van der Waals surface area contributed by atoms with E-state index in [9.17, 15) is 19.5 Å². The Hall–Kier alpha value is -4.78. The van der Waals surface area contributed by atoms with Crippen molar-refractivity contribution in [2.45, 2.75) is 56.8 Å². The van der Waals surface area contributed by atoms with Gasteiger partial charge in [0.15, 0.2) is 11.4 Å². The number of carbonyl (C=O) groups is 2. The fraction of sp³-hybridized carbons (Fsp3) is 0.359. The number of anilines is 1. The van der Waals surface area contributed by atoms with Crippen molar-refractivity contribution in [2.75, 3.05) is 32.3 Å². The first-order valence-electron chi connectivity index (χ1n) is 17.1. The minimum absolute atomic E-state index is 0.111. The molecule has 1 fully saturated rings. The lowest BCUT2D eigenvalue weighted by molar-refractivity contribution is -0.150. The van der Waals surface area contributed by atoms with E-state index < -0.39 is 31.6 Å². The van der Waals surface area contributed by atoms with Gasteiger partial charge >= 0.3 is 0 Å². The smallest absolute Gasteiger partial charge is 0.297 e. The molecule has 3 heterocycles. The van der Waals surface area contributed by atoms with Gasteiger partial charge in [-0.3, -0.25) is 19.0 Å². The molecular weight excluding hydrogens is 670 g/mol. The lowest BCUT2D eigenvalue weighted by Gasteiger charge is -2.31. The Morgan fingerprint density at radius 1 is 0.980 bits per heavy atom. The average Bonchev–Trinajstić information content (AvgIpc) is 3.54. The number of ether oxygens (including phenoxy) is 3. The van der Waals surface area contributed by atoms with Gasteiger partial charge < -0.3 is 33.2 Å². The number of pyridine rings is 1. The summed E-state index contributed by atoms with van der Waals surface area (Å²) in [6, 6.07) is 25.5. The van der Waals surface area contributed by atoms with Crippen LogP contribution < -0.4 is 19.9 Å². The molecule has 0 radical (unpaired) electrons. The summed E-state index contributed by atoms with van der Waals surface area (Å²) < 4.78 is 35.5. The zero-order valence-corrected chi connectivity index (χ0v) is 30.5. The van der Waals surface area contributed by atoms with Crippen LogP contribution in [0.2, 0.25) is 18.6 Å². The number of hydrogen-bond donors (Lipinski definition) is 1. The third kappa shape index (κ3) is 6.71. The Morgan fingerprint density at radius 2 is 1.71 bits per heavy atom. The van der Waals surface area contributed by atoms with Crippen molar-refractivity contribution in [3.63, 3.8) is 0 Å². The Kier molecular flexibility index (Phi) is 10.2. The van der Waals surface area contributed by atoms with Crippen molar-refractivity contribution in [3.05, 3.63) is 118 Å². The second-order valence-electron chi connectivity index (χ2n) is 13.7. The second-order valence-corrected chi connectivity index (χ2v) is 17.5. The predicted molar refractivity (Wildman–Crippen MR) is 194 cm³/mol. The van der Waals surface area contributed by atoms with Gasteiger partial charge in [-0.1, -0.05) is 49.4 Å². The average molecular weight is 714 g/mol. The molecule has 0 saturated carbocycles. The van der Waals surface area contributed by atoms with Crippen molar-refractivity contribution < 1.29 is 33.0 Å². The Labute approximate surface area is 298 Å². The van der Waals surface area contributed by atoms with E-state index in [4.69, 9.17) is 14.2 Å². The van der Waals surface area contributed by atoms with Gasteiger partial charge in [-0.2, -0.15) is 0 Å². The second kappa shape index (κ2) is 14.5. The van der Waals surface area contributed by atoms with Crippen LogP contribution in [0.15, 0.2) is 95.9 Å². The number of fused-ring (bicyclic) bond motifs is 2. The number of nitrogens with zero attached hydrogens (tertiary/aromatic N) is 3. The number of aromatic nitrogens is 1. The molecule has 1 spiro atoms. The van der Waals surface area contributed by atoms with Crippen molar-refractivity contribution in [1.29, 1.82) is 0 Å². The summed E-state index contributed by atoms with van der Waals surface area (Å²) in [5.41, 5.74) is 1.02. The van der Waals surface area contributed by atoms with Gasteiger partial charge in [0.2, 0.25) is 14.3 Å². The van der Waals surface area contributed by atoms with Crippen LogP contribution in [0.1, 0.15) is 30.0 Å². The van der Waals surface area contributed by atoms with Crippen LogP contribution in [0.5, 0.6) is 11.5 Å². The summed E-state index contributed by atoms with van der Waals surface area (Å²) in [5.74, 6) is -0.471. The standard InChI is InChI=1S/C39H44FN3O7Si/c1-26-36(51(4,5)40)34(23-35(45)41(20-21-44)24-27-10-7-6-8-11-27)50-39(26)31-22-30(48-2)17-18-32(31)43(38(39)47)25-28-13-15-29(16-14-28)42-19-9-12-33(49-3)37(42)46/h6-19,22,26,34,36,44H,20-21,23-25H2,1-5H3/t26-,34+,36-,39+/m0/s1. The van der Waals surface area contributed by atoms with Crippen LogP contribution in [-0.2, 0) is 33.0 Å². The Bertz CT molecular complexity index is 1950. The normalized spacial score (nSPS) is 21.2. The van der Waals surface area contributed by atoms with E-state index in [1.165, 1.54) is 11.7 Å². The summed E-state index contributed by atoms with van der Waals surface area (Å²) in [6.45, 7) is 5.41. The van der Waals surface area contributed by atoms with Gasteiger partial charge in [-0.15, -0.1) is 0 Å². The molecule has 0 unspecified atom stereocenters. The highest BCUT2D eigenvalue weighted by Gasteiger charge is 2.67. The molecule has 1 saturated heterocycles. The van der Waals surface area contributed by atoms with E-state index in [0.717, 1.165) is 11.1 Å². The first-order chi connectivity index (χ1) is 24.4. The Morgan fingerprint density at radius 3 is 2.35 bits per heavy atom. The number of benzene rings is 3. The van der Waals surface area contributed by atoms with Gasteiger partial charge in [0, 0.05) is 42.0 Å². The summed E-state index contributed by atoms with van der Waals surface area (Å²) >= 11 is 0. The van der Waals surface area contributed by atoms with Gasteiger partial charge in [0.25, 0.3) is 11.5 Å². The van der Waals surface area contributed by atoms with Gasteiger partial charge in [-0.05, 0) is 66.7 Å². The first kappa shape index (κ1) is 36.0. The number of hydrogen-bond acceptors (Lipinski definition) is 7. The van der Waals surface area contributed by atoms with Gasteiger partial charge in [0.05, 0.1) is 45.6 Å². The van der Waals surface area contributed by atoms with Crippen LogP contribution >= 0.6 is 0 Å². The third-order valence-corrected chi connectivity index (χ3v) is 12.6. The maximum atomic E-state index is 16.4. The fourth-order valence-electron chi connectivity index (χ4n) is 7.81. The third-order valence-electron chi connectivity index (χ3n) is 10.2. The van der Waals surface area contributed by atoms with Crippen LogP contribution in [0.4, 0.5) is 9.80 Å². The number of methoxy groups -OCH3 is 2. The minimum atomic E-state index is -3.54.